The van der Waals surface area contributed by atoms with E-state index >= 15 is 0 Å². The van der Waals surface area contributed by atoms with Gasteiger partial charge in [-0.2, -0.15) is 0 Å². The van der Waals surface area contributed by atoms with Gasteiger partial charge in [0.2, 0.25) is 0 Å². The van der Waals surface area contributed by atoms with E-state index < -0.39 is 11.9 Å². The number of amides is 1. The molecule has 1 aromatic heterocycles. The maximum atomic E-state index is 13.6. The van der Waals surface area contributed by atoms with Crippen molar-refractivity contribution in [2.45, 2.75) is 32.0 Å². The number of fused-ring (bicyclic) bond motifs is 2. The number of aliphatic hydroxyl groups excluding tert-OH is 1. The maximum Gasteiger partial charge on any atom is 0.274 e. The molecule has 2 N–H and O–H groups in total. The van der Waals surface area contributed by atoms with Gasteiger partial charge >= 0.3 is 0 Å². The molecule has 24 heavy (non-hydrogen) atoms. The van der Waals surface area contributed by atoms with Crippen LogP contribution in [-0.2, 0) is 17.8 Å². The van der Waals surface area contributed by atoms with E-state index in [1.165, 1.54) is 12.1 Å². The standard InChI is InChI=1S/C18H19FN2O3/c19-12-3-4-16-13(9-12)17(22)2-1-6-21(16)18(23)15-8-11-10-24-7-5-14(11)20-15/h3-4,8-9,17,20,22H,1-2,5-7,10H2. The average Bonchev–Trinajstić information content (AvgIpc) is 2.95. The Kier molecular flexibility index (Phi) is 3.86. The molecule has 0 saturated heterocycles. The van der Waals surface area contributed by atoms with Gasteiger partial charge in [0, 0.05) is 29.9 Å². The van der Waals surface area contributed by atoms with Crippen LogP contribution in [0.2, 0.25) is 0 Å². The molecule has 2 aliphatic heterocycles. The van der Waals surface area contributed by atoms with E-state index in [2.05, 4.69) is 4.98 Å². The van der Waals surface area contributed by atoms with Crippen molar-refractivity contribution in [2.75, 3.05) is 18.1 Å². The topological polar surface area (TPSA) is 65.6 Å². The molecule has 1 aromatic carbocycles. The van der Waals surface area contributed by atoms with Crippen molar-refractivity contribution in [2.24, 2.45) is 0 Å². The van der Waals surface area contributed by atoms with E-state index in [0.717, 1.165) is 17.7 Å². The number of aliphatic hydroxyl groups is 1. The van der Waals surface area contributed by atoms with Crippen LogP contribution in [0.4, 0.5) is 10.1 Å². The fourth-order valence-electron chi connectivity index (χ4n) is 3.48. The SMILES string of the molecule is O=C(c1cc2c([nH]1)CCOC2)N1CCCC(O)c2cc(F)ccc21. The number of hydrogen-bond donors (Lipinski definition) is 2. The van der Waals surface area contributed by atoms with E-state index in [9.17, 15) is 14.3 Å². The third-order valence-corrected chi connectivity index (χ3v) is 4.72. The Morgan fingerprint density at radius 2 is 2.25 bits per heavy atom. The molecule has 0 saturated carbocycles. The van der Waals surface area contributed by atoms with Crippen LogP contribution in [0.15, 0.2) is 24.3 Å². The Hall–Kier alpha value is -2.18. The number of hydrogen-bond acceptors (Lipinski definition) is 3. The molecule has 6 heteroatoms. The highest BCUT2D eigenvalue weighted by atomic mass is 19.1. The van der Waals surface area contributed by atoms with Crippen molar-refractivity contribution in [3.05, 3.63) is 52.6 Å². The van der Waals surface area contributed by atoms with Gasteiger partial charge in [0.05, 0.1) is 19.3 Å². The first kappa shape index (κ1) is 15.4. The zero-order valence-electron chi connectivity index (χ0n) is 13.2. The monoisotopic (exact) mass is 330 g/mol. The number of nitrogens with zero attached hydrogens (tertiary/aromatic N) is 1. The summed E-state index contributed by atoms with van der Waals surface area (Å²) in [6.45, 7) is 1.66. The molecule has 2 aromatic rings. The first-order valence-corrected chi connectivity index (χ1v) is 8.21. The summed E-state index contributed by atoms with van der Waals surface area (Å²) in [4.78, 5) is 17.8. The van der Waals surface area contributed by atoms with Gasteiger partial charge in [-0.25, -0.2) is 4.39 Å². The molecule has 1 atom stereocenters. The van der Waals surface area contributed by atoms with Crippen LogP contribution in [-0.4, -0.2) is 29.1 Å². The lowest BCUT2D eigenvalue weighted by atomic mass is 10.0. The smallest absolute Gasteiger partial charge is 0.274 e. The van der Waals surface area contributed by atoms with E-state index in [1.807, 2.05) is 6.07 Å². The number of H-pyrrole nitrogens is 1. The predicted molar refractivity (Wildman–Crippen MR) is 86.4 cm³/mol. The average molecular weight is 330 g/mol. The molecule has 0 bridgehead atoms. The summed E-state index contributed by atoms with van der Waals surface area (Å²) in [6.07, 6.45) is 1.18. The van der Waals surface area contributed by atoms with Crippen LogP contribution in [0.25, 0.3) is 0 Å². The number of carbonyl (C=O) groups is 1. The molecule has 1 unspecified atom stereocenters. The minimum Gasteiger partial charge on any atom is -0.388 e. The quantitative estimate of drug-likeness (QED) is 0.845. The van der Waals surface area contributed by atoms with E-state index in [4.69, 9.17) is 4.74 Å². The number of aromatic nitrogens is 1. The summed E-state index contributed by atoms with van der Waals surface area (Å²) in [5, 5.41) is 10.2. The molecule has 2 aliphatic rings. The summed E-state index contributed by atoms with van der Waals surface area (Å²) < 4.78 is 19.0. The maximum absolute atomic E-state index is 13.6. The van der Waals surface area contributed by atoms with Gasteiger partial charge in [-0.3, -0.25) is 4.79 Å². The summed E-state index contributed by atoms with van der Waals surface area (Å²) in [5.74, 6) is -0.569. The van der Waals surface area contributed by atoms with Crippen molar-refractivity contribution in [3.63, 3.8) is 0 Å². The number of rotatable bonds is 1. The van der Waals surface area contributed by atoms with Crippen LogP contribution in [0.5, 0.6) is 0 Å². The zero-order valence-corrected chi connectivity index (χ0v) is 13.2. The lowest BCUT2D eigenvalue weighted by Crippen LogP contribution is -2.32. The Bertz CT molecular complexity index is 763. The third-order valence-electron chi connectivity index (χ3n) is 4.72. The molecule has 4 rings (SSSR count). The minimum absolute atomic E-state index is 0.161. The van der Waals surface area contributed by atoms with Gasteiger partial charge < -0.3 is 19.7 Å². The van der Waals surface area contributed by atoms with Crippen molar-refractivity contribution in [1.82, 2.24) is 4.98 Å². The lowest BCUT2D eigenvalue weighted by molar-refractivity contribution is 0.0982. The number of ether oxygens (including phenoxy) is 1. The number of halogens is 1. The Morgan fingerprint density at radius 1 is 1.38 bits per heavy atom. The molecular weight excluding hydrogens is 311 g/mol. The highest BCUT2D eigenvalue weighted by molar-refractivity contribution is 6.05. The molecule has 5 nitrogen and oxygen atoms in total. The zero-order chi connectivity index (χ0) is 16.7. The summed E-state index contributed by atoms with van der Waals surface area (Å²) >= 11 is 0. The van der Waals surface area contributed by atoms with Crippen molar-refractivity contribution in [3.8, 4) is 0 Å². The fourth-order valence-corrected chi connectivity index (χ4v) is 3.48. The first-order valence-electron chi connectivity index (χ1n) is 8.21. The number of anilines is 1. The highest BCUT2D eigenvalue weighted by Crippen LogP contribution is 2.34. The summed E-state index contributed by atoms with van der Waals surface area (Å²) in [6, 6.07) is 6.05. The minimum atomic E-state index is -0.751. The summed E-state index contributed by atoms with van der Waals surface area (Å²) in [7, 11) is 0. The Morgan fingerprint density at radius 3 is 3.08 bits per heavy atom. The number of nitrogens with one attached hydrogen (secondary N) is 1. The van der Waals surface area contributed by atoms with Crippen LogP contribution in [0, 0.1) is 5.82 Å². The highest BCUT2D eigenvalue weighted by Gasteiger charge is 2.28. The van der Waals surface area contributed by atoms with Gasteiger partial charge in [0.15, 0.2) is 0 Å². The van der Waals surface area contributed by atoms with Crippen LogP contribution >= 0.6 is 0 Å². The summed E-state index contributed by atoms with van der Waals surface area (Å²) in [5.41, 5.74) is 3.62. The molecular formula is C18H19FN2O3. The lowest BCUT2D eigenvalue weighted by Gasteiger charge is -2.23. The largest absolute Gasteiger partial charge is 0.388 e. The van der Waals surface area contributed by atoms with E-state index in [1.54, 1.807) is 11.0 Å². The number of carbonyl (C=O) groups excluding carboxylic acids is 1. The van der Waals surface area contributed by atoms with Gasteiger partial charge in [0.25, 0.3) is 5.91 Å². The molecule has 3 heterocycles. The van der Waals surface area contributed by atoms with E-state index in [0.29, 0.717) is 49.5 Å². The second-order valence-electron chi connectivity index (χ2n) is 6.31. The van der Waals surface area contributed by atoms with Crippen LogP contribution in [0.1, 0.15) is 46.3 Å². The van der Waals surface area contributed by atoms with Gasteiger partial charge in [-0.1, -0.05) is 0 Å². The Balaban J connectivity index is 1.71. The second kappa shape index (κ2) is 6.03. The Labute approximate surface area is 139 Å². The molecule has 1 amide bonds. The third kappa shape index (κ3) is 2.61. The molecule has 0 spiro atoms. The molecule has 0 aliphatic carbocycles. The van der Waals surface area contributed by atoms with Crippen molar-refractivity contribution in [1.29, 1.82) is 0 Å². The van der Waals surface area contributed by atoms with Gasteiger partial charge in [-0.15, -0.1) is 0 Å². The first-order chi connectivity index (χ1) is 11.6. The predicted octanol–water partition coefficient (Wildman–Crippen LogP) is 2.70. The molecule has 0 radical (unpaired) electrons. The number of aromatic amines is 1. The van der Waals surface area contributed by atoms with E-state index in [-0.39, 0.29) is 5.91 Å². The van der Waals surface area contributed by atoms with Gasteiger partial charge in [-0.05, 0) is 42.7 Å². The van der Waals surface area contributed by atoms with Crippen molar-refractivity contribution < 1.29 is 19.0 Å². The fraction of sp³-hybridized carbons (Fsp3) is 0.389. The molecule has 0 fully saturated rings. The van der Waals surface area contributed by atoms with Gasteiger partial charge in [0.1, 0.15) is 11.5 Å². The van der Waals surface area contributed by atoms with Crippen molar-refractivity contribution >= 4 is 11.6 Å². The van der Waals surface area contributed by atoms with Crippen LogP contribution < -0.4 is 4.90 Å². The second-order valence-corrected chi connectivity index (χ2v) is 6.31. The normalized spacial score (nSPS) is 20.2. The number of benzene rings is 1. The molecule has 126 valence electrons. The van der Waals surface area contributed by atoms with Crippen LogP contribution in [0.3, 0.4) is 0 Å².